The Labute approximate surface area is 110 Å². The van der Waals surface area contributed by atoms with E-state index in [0.717, 1.165) is 10.5 Å². The average molecular weight is 265 g/mol. The van der Waals surface area contributed by atoms with Crippen molar-refractivity contribution in [1.29, 1.82) is 0 Å². The molecule has 1 unspecified atom stereocenters. The monoisotopic (exact) mass is 265 g/mol. The van der Waals surface area contributed by atoms with Gasteiger partial charge in [0, 0.05) is 29.1 Å². The third kappa shape index (κ3) is 2.28. The van der Waals surface area contributed by atoms with Crippen LogP contribution in [0.3, 0.4) is 0 Å². The predicted octanol–water partition coefficient (Wildman–Crippen LogP) is 1.71. The third-order valence-corrected chi connectivity index (χ3v) is 4.49. The van der Waals surface area contributed by atoms with Crippen molar-refractivity contribution in [3.63, 3.8) is 0 Å². The zero-order chi connectivity index (χ0) is 13.3. The molecule has 0 saturated heterocycles. The van der Waals surface area contributed by atoms with E-state index >= 15 is 0 Å². The summed E-state index contributed by atoms with van der Waals surface area (Å²) in [7, 11) is 0. The molecule has 5 heteroatoms. The van der Waals surface area contributed by atoms with E-state index in [1.54, 1.807) is 19.1 Å². The molecule has 1 aromatic rings. The van der Waals surface area contributed by atoms with Crippen molar-refractivity contribution in [2.45, 2.75) is 30.2 Å². The van der Waals surface area contributed by atoms with Gasteiger partial charge in [-0.05, 0) is 17.7 Å². The molecule has 96 valence electrons. The van der Waals surface area contributed by atoms with Crippen LogP contribution in [0.5, 0.6) is 0 Å². The van der Waals surface area contributed by atoms with E-state index in [4.69, 9.17) is 10.8 Å². The molecule has 0 fully saturated rings. The topological polar surface area (TPSA) is 80.4 Å². The Kier molecular flexibility index (Phi) is 3.45. The fourth-order valence-electron chi connectivity index (χ4n) is 1.97. The maximum Gasteiger partial charge on any atom is 0.324 e. The zero-order valence-corrected chi connectivity index (χ0v) is 10.9. The number of ketones is 1. The molecule has 1 aliphatic rings. The van der Waals surface area contributed by atoms with E-state index in [0.29, 0.717) is 17.7 Å². The highest BCUT2D eigenvalue weighted by Crippen LogP contribution is 2.34. The lowest BCUT2D eigenvalue weighted by Crippen LogP contribution is -2.53. The molecule has 0 saturated carbocycles. The van der Waals surface area contributed by atoms with Gasteiger partial charge in [-0.2, -0.15) is 0 Å². The molecule has 1 atom stereocenters. The summed E-state index contributed by atoms with van der Waals surface area (Å²) in [5, 5.41) is 9.14. The Morgan fingerprint density at radius 2 is 2.22 bits per heavy atom. The summed E-state index contributed by atoms with van der Waals surface area (Å²) < 4.78 is 0. The Morgan fingerprint density at radius 3 is 2.83 bits per heavy atom. The maximum absolute atomic E-state index is 11.6. The van der Waals surface area contributed by atoms with Crippen LogP contribution in [0.1, 0.15) is 29.3 Å². The normalized spacial score (nSPS) is 22.3. The number of carbonyl (C=O) groups is 2. The Bertz CT molecular complexity index is 515. The molecule has 0 bridgehead atoms. The second kappa shape index (κ2) is 4.74. The number of fused-ring (bicyclic) bond motifs is 1. The minimum atomic E-state index is -1.23. The number of carbonyl (C=O) groups excluding carboxylic acids is 1. The Balaban J connectivity index is 2.36. The van der Waals surface area contributed by atoms with Crippen molar-refractivity contribution in [3.05, 3.63) is 29.3 Å². The molecular formula is C13H15NO3S. The Morgan fingerprint density at radius 1 is 1.50 bits per heavy atom. The van der Waals surface area contributed by atoms with E-state index in [9.17, 15) is 9.59 Å². The van der Waals surface area contributed by atoms with E-state index in [-0.39, 0.29) is 12.2 Å². The van der Waals surface area contributed by atoms with Crippen LogP contribution >= 0.6 is 11.8 Å². The standard InChI is InChI=1S/C13H15NO3S/c1-2-10(15)8-3-4-11-9(5-8)6-13(14,7-18-11)12(16)17/h3-5H,2,6-7,14H2,1H3,(H,16,17). The number of benzene rings is 1. The summed E-state index contributed by atoms with van der Waals surface area (Å²) in [5.74, 6) is -0.574. The van der Waals surface area contributed by atoms with Crippen LogP contribution in [0.2, 0.25) is 0 Å². The van der Waals surface area contributed by atoms with Crippen molar-refractivity contribution >= 4 is 23.5 Å². The molecule has 3 N–H and O–H groups in total. The number of carboxylic acids is 1. The first kappa shape index (κ1) is 13.1. The molecule has 18 heavy (non-hydrogen) atoms. The van der Waals surface area contributed by atoms with Crippen molar-refractivity contribution in [3.8, 4) is 0 Å². The lowest BCUT2D eigenvalue weighted by molar-refractivity contribution is -0.142. The number of Topliss-reactive ketones (excluding diaryl/α,β-unsaturated/α-hetero) is 1. The summed E-state index contributed by atoms with van der Waals surface area (Å²) in [6, 6.07) is 5.45. The Hall–Kier alpha value is -1.33. The summed E-state index contributed by atoms with van der Waals surface area (Å²) in [6.45, 7) is 1.81. The van der Waals surface area contributed by atoms with Crippen LogP contribution in [0.15, 0.2) is 23.1 Å². The van der Waals surface area contributed by atoms with Crippen LogP contribution in [-0.4, -0.2) is 28.2 Å². The quantitative estimate of drug-likeness (QED) is 0.813. The zero-order valence-electron chi connectivity index (χ0n) is 10.1. The number of aliphatic carboxylic acids is 1. The van der Waals surface area contributed by atoms with Gasteiger partial charge in [-0.25, -0.2) is 0 Å². The SMILES string of the molecule is CCC(=O)c1ccc2c(c1)CC(N)(C(=O)O)CS2. The molecule has 0 aliphatic carbocycles. The van der Waals surface area contributed by atoms with Gasteiger partial charge in [-0.1, -0.05) is 13.0 Å². The molecule has 0 radical (unpaired) electrons. The first-order valence-corrected chi connectivity index (χ1v) is 6.76. The van der Waals surface area contributed by atoms with Gasteiger partial charge >= 0.3 is 5.97 Å². The highest BCUT2D eigenvalue weighted by molar-refractivity contribution is 7.99. The second-order valence-electron chi connectivity index (χ2n) is 4.53. The minimum absolute atomic E-state index is 0.0614. The lowest BCUT2D eigenvalue weighted by atomic mass is 9.91. The number of nitrogens with two attached hydrogens (primary N) is 1. The minimum Gasteiger partial charge on any atom is -0.480 e. The first-order valence-electron chi connectivity index (χ1n) is 5.77. The molecule has 0 aromatic heterocycles. The molecular weight excluding hydrogens is 250 g/mol. The van der Waals surface area contributed by atoms with E-state index in [1.807, 2.05) is 6.07 Å². The highest BCUT2D eigenvalue weighted by Gasteiger charge is 2.38. The van der Waals surface area contributed by atoms with Crippen LogP contribution in [0.25, 0.3) is 0 Å². The van der Waals surface area contributed by atoms with Crippen LogP contribution < -0.4 is 5.73 Å². The molecule has 4 nitrogen and oxygen atoms in total. The number of rotatable bonds is 3. The van der Waals surface area contributed by atoms with E-state index in [2.05, 4.69) is 0 Å². The maximum atomic E-state index is 11.6. The molecule has 2 rings (SSSR count). The molecule has 0 spiro atoms. The van der Waals surface area contributed by atoms with Gasteiger partial charge in [0.25, 0.3) is 0 Å². The highest BCUT2D eigenvalue weighted by atomic mass is 32.2. The summed E-state index contributed by atoms with van der Waals surface area (Å²) in [5.41, 5.74) is 6.13. The fraction of sp³-hybridized carbons (Fsp3) is 0.385. The van der Waals surface area contributed by atoms with Gasteiger partial charge < -0.3 is 10.8 Å². The number of hydrogen-bond donors (Lipinski definition) is 2. The van der Waals surface area contributed by atoms with Crippen LogP contribution in [0, 0.1) is 0 Å². The van der Waals surface area contributed by atoms with Crippen LogP contribution in [0.4, 0.5) is 0 Å². The van der Waals surface area contributed by atoms with Crippen LogP contribution in [-0.2, 0) is 11.2 Å². The van der Waals surface area contributed by atoms with Crippen molar-refractivity contribution in [2.75, 3.05) is 5.75 Å². The van der Waals surface area contributed by atoms with Gasteiger partial charge in [0.1, 0.15) is 5.54 Å². The second-order valence-corrected chi connectivity index (χ2v) is 5.54. The van der Waals surface area contributed by atoms with Crippen molar-refractivity contribution in [1.82, 2.24) is 0 Å². The number of hydrogen-bond acceptors (Lipinski definition) is 4. The van der Waals surface area contributed by atoms with Gasteiger partial charge in [0.15, 0.2) is 5.78 Å². The number of thioether (sulfide) groups is 1. The lowest BCUT2D eigenvalue weighted by Gasteiger charge is -2.30. The number of carboxylic acid groups (broad SMARTS) is 1. The molecule has 1 heterocycles. The summed E-state index contributed by atoms with van der Waals surface area (Å²) >= 11 is 1.43. The smallest absolute Gasteiger partial charge is 0.324 e. The van der Waals surface area contributed by atoms with Crippen molar-refractivity contribution in [2.24, 2.45) is 5.73 Å². The van der Waals surface area contributed by atoms with E-state index in [1.165, 1.54) is 11.8 Å². The van der Waals surface area contributed by atoms with Gasteiger partial charge in [-0.15, -0.1) is 11.8 Å². The average Bonchev–Trinajstić information content (AvgIpc) is 2.36. The molecule has 1 aliphatic heterocycles. The largest absolute Gasteiger partial charge is 0.480 e. The van der Waals surface area contributed by atoms with Gasteiger partial charge in [0.05, 0.1) is 0 Å². The summed E-state index contributed by atoms with van der Waals surface area (Å²) in [4.78, 5) is 23.8. The van der Waals surface area contributed by atoms with Gasteiger partial charge in [0.2, 0.25) is 0 Å². The van der Waals surface area contributed by atoms with E-state index < -0.39 is 11.5 Å². The third-order valence-electron chi connectivity index (χ3n) is 3.12. The fourth-order valence-corrected chi connectivity index (χ4v) is 3.09. The molecule has 0 amide bonds. The molecule has 1 aromatic carbocycles. The predicted molar refractivity (Wildman–Crippen MR) is 70.0 cm³/mol. The van der Waals surface area contributed by atoms with Crippen molar-refractivity contribution < 1.29 is 14.7 Å². The first-order chi connectivity index (χ1) is 8.46. The van der Waals surface area contributed by atoms with Gasteiger partial charge in [-0.3, -0.25) is 9.59 Å². The summed E-state index contributed by atoms with van der Waals surface area (Å²) in [6.07, 6.45) is 0.716.